The molecule has 0 radical (unpaired) electrons. The predicted molar refractivity (Wildman–Crippen MR) is 132 cm³/mol. The van der Waals surface area contributed by atoms with Gasteiger partial charge in [0, 0.05) is 18.7 Å². The Morgan fingerprint density at radius 1 is 0.806 bits per heavy atom. The van der Waals surface area contributed by atoms with Crippen molar-refractivity contribution < 1.29 is 23.9 Å². The van der Waals surface area contributed by atoms with Crippen LogP contribution in [0.4, 0.5) is 5.69 Å². The van der Waals surface area contributed by atoms with Crippen LogP contribution >= 0.6 is 0 Å². The Morgan fingerprint density at radius 3 is 2.19 bits per heavy atom. The van der Waals surface area contributed by atoms with E-state index in [4.69, 9.17) is 4.74 Å². The first-order valence-corrected chi connectivity index (χ1v) is 11.8. The molecule has 2 saturated heterocycles. The Morgan fingerprint density at radius 2 is 1.47 bits per heavy atom. The molecule has 3 heterocycles. The minimum Gasteiger partial charge on any atom is -0.427 e. The lowest BCUT2D eigenvalue weighted by molar-refractivity contribution is -0.132. The third-order valence-electron chi connectivity index (χ3n) is 7.15. The highest BCUT2D eigenvalue weighted by Gasteiger charge is 2.64. The maximum absolute atomic E-state index is 13.9. The van der Waals surface area contributed by atoms with Gasteiger partial charge in [-0.2, -0.15) is 0 Å². The molecular formula is C29H22N2O5. The summed E-state index contributed by atoms with van der Waals surface area (Å²) in [6.45, 7) is 1.30. The molecule has 2 amide bonds. The molecule has 3 aromatic rings. The van der Waals surface area contributed by atoms with Gasteiger partial charge in [-0.25, -0.2) is 4.90 Å². The minimum absolute atomic E-state index is 0.190. The molecule has 3 aliphatic rings. The number of rotatable bonds is 4. The maximum Gasteiger partial charge on any atom is 0.308 e. The number of esters is 1. The Hall–Kier alpha value is -4.52. The summed E-state index contributed by atoms with van der Waals surface area (Å²) in [7, 11) is 0. The summed E-state index contributed by atoms with van der Waals surface area (Å²) < 4.78 is 5.08. The number of fused-ring (bicyclic) bond motifs is 5. The molecular weight excluding hydrogens is 456 g/mol. The van der Waals surface area contributed by atoms with Crippen LogP contribution in [-0.4, -0.2) is 34.5 Å². The lowest BCUT2D eigenvalue weighted by Crippen LogP contribution is -2.44. The highest BCUT2D eigenvalue weighted by atomic mass is 16.5. The molecule has 0 bridgehead atoms. The second kappa shape index (κ2) is 8.30. The van der Waals surface area contributed by atoms with Gasteiger partial charge in [0.1, 0.15) is 11.8 Å². The highest BCUT2D eigenvalue weighted by molar-refractivity contribution is 6.24. The number of benzene rings is 3. The van der Waals surface area contributed by atoms with E-state index in [9.17, 15) is 19.2 Å². The van der Waals surface area contributed by atoms with Crippen molar-refractivity contribution in [2.45, 2.75) is 19.0 Å². The number of imide groups is 1. The molecule has 0 spiro atoms. The van der Waals surface area contributed by atoms with Crippen molar-refractivity contribution in [2.24, 2.45) is 11.8 Å². The molecule has 6 rings (SSSR count). The first-order chi connectivity index (χ1) is 17.5. The standard InChI is InChI=1S/C29H22N2O5/c1-17(32)36-21-13-11-20(12-14-21)31-28(34)23-24(29(31)35)26(27(33)19-8-3-2-4-9-19)30-16-15-18-7-5-6-10-22(18)25(23)30/h2-16,23-26H,1H3. The first-order valence-electron chi connectivity index (χ1n) is 11.8. The Balaban J connectivity index is 1.44. The summed E-state index contributed by atoms with van der Waals surface area (Å²) in [6, 6.07) is 21.6. The normalized spacial score (nSPS) is 23.8. The van der Waals surface area contributed by atoms with Crippen molar-refractivity contribution in [3.8, 4) is 5.75 Å². The average molecular weight is 479 g/mol. The zero-order valence-corrected chi connectivity index (χ0v) is 19.4. The zero-order valence-electron chi connectivity index (χ0n) is 19.4. The molecule has 7 nitrogen and oxygen atoms in total. The van der Waals surface area contributed by atoms with E-state index >= 15 is 0 Å². The van der Waals surface area contributed by atoms with Crippen molar-refractivity contribution in [3.05, 3.63) is 102 Å². The number of anilines is 1. The number of hydrogen-bond donors (Lipinski definition) is 0. The van der Waals surface area contributed by atoms with Crippen LogP contribution in [0.1, 0.15) is 34.5 Å². The number of carbonyl (C=O) groups excluding carboxylic acids is 4. The second-order valence-electron chi connectivity index (χ2n) is 9.16. The summed E-state index contributed by atoms with van der Waals surface area (Å²) >= 11 is 0. The molecule has 3 aromatic carbocycles. The van der Waals surface area contributed by atoms with Crippen LogP contribution < -0.4 is 9.64 Å². The molecule has 178 valence electrons. The fourth-order valence-corrected chi connectivity index (χ4v) is 5.71. The fourth-order valence-electron chi connectivity index (χ4n) is 5.71. The van der Waals surface area contributed by atoms with Gasteiger partial charge in [-0.05, 0) is 41.5 Å². The smallest absolute Gasteiger partial charge is 0.308 e. The highest BCUT2D eigenvalue weighted by Crippen LogP contribution is 2.53. The summed E-state index contributed by atoms with van der Waals surface area (Å²) in [5.41, 5.74) is 2.77. The van der Waals surface area contributed by atoms with Crippen LogP contribution in [0.25, 0.3) is 6.08 Å². The molecule has 0 aromatic heterocycles. The molecule has 2 fully saturated rings. The molecule has 0 aliphatic carbocycles. The third-order valence-corrected chi connectivity index (χ3v) is 7.15. The first kappa shape index (κ1) is 22.0. The fraction of sp³-hybridized carbons (Fsp3) is 0.172. The van der Waals surface area contributed by atoms with Crippen molar-refractivity contribution in [1.29, 1.82) is 0 Å². The molecule has 36 heavy (non-hydrogen) atoms. The number of carbonyl (C=O) groups is 4. The van der Waals surface area contributed by atoms with Crippen molar-refractivity contribution in [2.75, 3.05) is 4.90 Å². The number of ketones is 1. The van der Waals surface area contributed by atoms with Gasteiger partial charge in [0.15, 0.2) is 5.78 Å². The van der Waals surface area contributed by atoms with E-state index in [0.717, 1.165) is 11.1 Å². The monoisotopic (exact) mass is 478 g/mol. The maximum atomic E-state index is 13.9. The molecule has 0 N–H and O–H groups in total. The van der Waals surface area contributed by atoms with E-state index < -0.39 is 35.8 Å². The van der Waals surface area contributed by atoms with Crippen molar-refractivity contribution >= 4 is 35.3 Å². The molecule has 0 saturated carbocycles. The van der Waals surface area contributed by atoms with E-state index in [0.29, 0.717) is 17.0 Å². The molecule has 7 heteroatoms. The van der Waals surface area contributed by atoms with E-state index in [2.05, 4.69) is 0 Å². The van der Waals surface area contributed by atoms with Gasteiger partial charge >= 0.3 is 5.97 Å². The number of nitrogens with zero attached hydrogens (tertiary/aromatic N) is 2. The van der Waals surface area contributed by atoms with E-state index in [1.807, 2.05) is 47.5 Å². The van der Waals surface area contributed by atoms with Gasteiger partial charge in [-0.1, -0.05) is 54.6 Å². The van der Waals surface area contributed by atoms with Crippen LogP contribution in [0.5, 0.6) is 5.75 Å². The largest absolute Gasteiger partial charge is 0.427 e. The molecule has 4 atom stereocenters. The van der Waals surface area contributed by atoms with Crippen LogP contribution in [0.3, 0.4) is 0 Å². The van der Waals surface area contributed by atoms with Crippen LogP contribution in [0.15, 0.2) is 85.1 Å². The van der Waals surface area contributed by atoms with Crippen molar-refractivity contribution in [3.63, 3.8) is 0 Å². The average Bonchev–Trinajstić information content (AvgIpc) is 3.37. The lowest BCUT2D eigenvalue weighted by atomic mass is 9.83. The van der Waals surface area contributed by atoms with Gasteiger partial charge in [-0.3, -0.25) is 19.2 Å². The Bertz CT molecular complexity index is 1430. The Kier molecular flexibility index (Phi) is 5.07. The number of ether oxygens (including phenoxy) is 1. The second-order valence-corrected chi connectivity index (χ2v) is 9.16. The van der Waals surface area contributed by atoms with E-state index in [1.54, 1.807) is 48.5 Å². The quantitative estimate of drug-likeness (QED) is 0.244. The van der Waals surface area contributed by atoms with Gasteiger partial charge in [-0.15, -0.1) is 0 Å². The van der Waals surface area contributed by atoms with Crippen LogP contribution in [0.2, 0.25) is 0 Å². The number of hydrogen-bond acceptors (Lipinski definition) is 6. The van der Waals surface area contributed by atoms with Crippen LogP contribution in [-0.2, 0) is 14.4 Å². The summed E-state index contributed by atoms with van der Waals surface area (Å²) in [6.07, 6.45) is 3.77. The minimum atomic E-state index is -0.834. The topological polar surface area (TPSA) is 84.0 Å². The predicted octanol–water partition coefficient (Wildman–Crippen LogP) is 4.01. The van der Waals surface area contributed by atoms with Crippen molar-refractivity contribution in [1.82, 2.24) is 4.90 Å². The van der Waals surface area contributed by atoms with E-state index in [-0.39, 0.29) is 11.7 Å². The SMILES string of the molecule is CC(=O)Oc1ccc(N2C(=O)C3C(C2=O)C2c4ccccc4C=CN2C3C(=O)c2ccccc2)cc1. The zero-order chi connectivity index (χ0) is 25.0. The van der Waals surface area contributed by atoms with Crippen LogP contribution in [0, 0.1) is 11.8 Å². The lowest BCUT2D eigenvalue weighted by Gasteiger charge is -2.35. The van der Waals surface area contributed by atoms with Gasteiger partial charge < -0.3 is 9.64 Å². The third kappa shape index (κ3) is 3.27. The van der Waals surface area contributed by atoms with Gasteiger partial charge in [0.25, 0.3) is 0 Å². The number of amides is 2. The van der Waals surface area contributed by atoms with Gasteiger partial charge in [0.05, 0.1) is 23.6 Å². The molecule has 4 unspecified atom stereocenters. The Labute approximate surface area is 207 Å². The van der Waals surface area contributed by atoms with E-state index in [1.165, 1.54) is 11.8 Å². The number of Topliss-reactive ketones (excluding diaryl/α,β-unsaturated/α-hetero) is 1. The summed E-state index contributed by atoms with van der Waals surface area (Å²) in [5, 5.41) is 0. The van der Waals surface area contributed by atoms with Gasteiger partial charge in [0.2, 0.25) is 11.8 Å². The summed E-state index contributed by atoms with van der Waals surface area (Å²) in [5.74, 6) is -2.62. The molecule has 3 aliphatic heterocycles. The summed E-state index contributed by atoms with van der Waals surface area (Å²) in [4.78, 5) is 55.9.